The molecule has 2 saturated heterocycles. The molecule has 0 N–H and O–H groups in total. The quantitative estimate of drug-likeness (QED) is 0.740. The van der Waals surface area contributed by atoms with E-state index in [1.807, 2.05) is 13.8 Å². The topological polar surface area (TPSA) is 33.2 Å². The molecular formula is C16H20N2OS. The number of amides is 1. The van der Waals surface area contributed by atoms with Crippen LogP contribution < -0.4 is 0 Å². The molecule has 1 amide bonds. The first-order valence-electron chi connectivity index (χ1n) is 7.60. The zero-order valence-corrected chi connectivity index (χ0v) is 12.9. The number of hydrogen-bond acceptors (Lipinski definition) is 3. The third kappa shape index (κ3) is 1.93. The van der Waals surface area contributed by atoms with Crippen molar-refractivity contribution in [1.82, 2.24) is 9.88 Å². The Bertz CT molecular complexity index is 594. The fourth-order valence-corrected chi connectivity index (χ4v) is 4.76. The van der Waals surface area contributed by atoms with Gasteiger partial charge in [0.2, 0.25) is 0 Å². The number of carbonyl (C=O) groups is 1. The van der Waals surface area contributed by atoms with Crippen molar-refractivity contribution in [3.63, 3.8) is 0 Å². The molecule has 106 valence electrons. The summed E-state index contributed by atoms with van der Waals surface area (Å²) in [5.41, 5.74) is 4.28. The van der Waals surface area contributed by atoms with Crippen molar-refractivity contribution < 1.29 is 4.79 Å². The molecule has 3 nitrogen and oxygen atoms in total. The Morgan fingerprint density at radius 2 is 1.80 bits per heavy atom. The van der Waals surface area contributed by atoms with Crippen molar-refractivity contribution in [2.75, 3.05) is 0 Å². The van der Waals surface area contributed by atoms with Gasteiger partial charge in [0, 0.05) is 12.1 Å². The molecule has 4 heteroatoms. The minimum absolute atomic E-state index is 0.237. The number of thiazole rings is 1. The Labute approximate surface area is 123 Å². The van der Waals surface area contributed by atoms with Gasteiger partial charge in [-0.2, -0.15) is 0 Å². The van der Waals surface area contributed by atoms with E-state index < -0.39 is 0 Å². The maximum Gasteiger partial charge on any atom is 0.266 e. The lowest BCUT2D eigenvalue weighted by atomic mass is 9.95. The fourth-order valence-electron chi connectivity index (χ4n) is 3.90. The van der Waals surface area contributed by atoms with Crippen molar-refractivity contribution in [2.24, 2.45) is 0 Å². The molecule has 1 aliphatic carbocycles. The van der Waals surface area contributed by atoms with Crippen molar-refractivity contribution >= 4 is 17.2 Å². The van der Waals surface area contributed by atoms with Crippen LogP contribution in [-0.2, 0) is 0 Å². The predicted molar refractivity (Wildman–Crippen MR) is 80.1 cm³/mol. The number of rotatable bonds is 1. The Balaban J connectivity index is 1.62. The lowest BCUT2D eigenvalue weighted by Crippen LogP contribution is -2.44. The average molecular weight is 288 g/mol. The van der Waals surface area contributed by atoms with Gasteiger partial charge in [0.15, 0.2) is 0 Å². The van der Waals surface area contributed by atoms with Gasteiger partial charge in [0.1, 0.15) is 4.88 Å². The molecule has 2 aliphatic heterocycles. The molecular weight excluding hydrogens is 268 g/mol. The highest BCUT2D eigenvalue weighted by molar-refractivity contribution is 7.13. The van der Waals surface area contributed by atoms with Gasteiger partial charge in [-0.15, -0.1) is 11.3 Å². The van der Waals surface area contributed by atoms with Gasteiger partial charge in [-0.25, -0.2) is 4.98 Å². The van der Waals surface area contributed by atoms with E-state index >= 15 is 0 Å². The monoisotopic (exact) mass is 288 g/mol. The minimum atomic E-state index is 0.237. The van der Waals surface area contributed by atoms with Crippen LogP contribution in [0.1, 0.15) is 58.9 Å². The number of aromatic nitrogens is 1. The van der Waals surface area contributed by atoms with Crippen LogP contribution in [0.25, 0.3) is 0 Å². The number of piperidine rings is 1. The summed E-state index contributed by atoms with van der Waals surface area (Å²) in [5.74, 6) is 0.237. The van der Waals surface area contributed by atoms with Crippen molar-refractivity contribution in [3.05, 3.63) is 26.7 Å². The molecule has 2 unspecified atom stereocenters. The van der Waals surface area contributed by atoms with Crippen molar-refractivity contribution in [3.8, 4) is 0 Å². The maximum absolute atomic E-state index is 12.9. The van der Waals surface area contributed by atoms with E-state index in [0.29, 0.717) is 12.1 Å². The standard InChI is InChI=1S/C16H20N2OS/c1-9-15(20-10(2)17-9)16(19)18-13-5-6-14(18)8-12(7-13)11-3-4-11/h13-14H,3-8H2,1-2H3. The lowest BCUT2D eigenvalue weighted by Gasteiger charge is -2.36. The van der Waals surface area contributed by atoms with Crippen LogP contribution in [0.5, 0.6) is 0 Å². The second kappa shape index (κ2) is 4.42. The van der Waals surface area contributed by atoms with Crippen LogP contribution in [0.4, 0.5) is 0 Å². The number of nitrogens with zero attached hydrogens (tertiary/aromatic N) is 2. The van der Waals surface area contributed by atoms with E-state index in [0.717, 1.165) is 28.4 Å². The van der Waals surface area contributed by atoms with Gasteiger partial charge in [-0.05, 0) is 52.4 Å². The summed E-state index contributed by atoms with van der Waals surface area (Å²) in [5, 5.41) is 0.996. The van der Waals surface area contributed by atoms with Crippen LogP contribution >= 0.6 is 11.3 Å². The summed E-state index contributed by atoms with van der Waals surface area (Å²) < 4.78 is 0. The van der Waals surface area contributed by atoms with Crippen LogP contribution in [0.2, 0.25) is 0 Å². The molecule has 2 atom stereocenters. The predicted octanol–water partition coefficient (Wildman–Crippen LogP) is 3.62. The van der Waals surface area contributed by atoms with Gasteiger partial charge >= 0.3 is 0 Å². The molecule has 1 aromatic rings. The molecule has 1 aromatic heterocycles. The van der Waals surface area contributed by atoms with E-state index in [2.05, 4.69) is 9.88 Å². The van der Waals surface area contributed by atoms with Gasteiger partial charge in [-0.1, -0.05) is 11.1 Å². The second-order valence-corrected chi connectivity index (χ2v) is 7.56. The van der Waals surface area contributed by atoms with E-state index in [-0.39, 0.29) is 5.91 Å². The van der Waals surface area contributed by atoms with E-state index in [4.69, 9.17) is 0 Å². The summed E-state index contributed by atoms with van der Waals surface area (Å²) in [6.45, 7) is 3.94. The summed E-state index contributed by atoms with van der Waals surface area (Å²) in [4.78, 5) is 20.3. The summed E-state index contributed by atoms with van der Waals surface area (Å²) >= 11 is 1.55. The molecule has 3 aliphatic rings. The fraction of sp³-hybridized carbons (Fsp3) is 0.625. The molecule has 4 rings (SSSR count). The Hall–Kier alpha value is -1.16. The van der Waals surface area contributed by atoms with Gasteiger partial charge in [0.25, 0.3) is 5.91 Å². The molecule has 0 spiro atoms. The molecule has 0 aromatic carbocycles. The number of allylic oxidation sites excluding steroid dienone is 1. The number of hydrogen-bond donors (Lipinski definition) is 0. The molecule has 2 bridgehead atoms. The molecule has 1 saturated carbocycles. The van der Waals surface area contributed by atoms with Crippen LogP contribution in [-0.4, -0.2) is 27.9 Å². The van der Waals surface area contributed by atoms with Gasteiger partial charge < -0.3 is 4.90 Å². The third-order valence-corrected chi connectivity index (χ3v) is 5.98. The van der Waals surface area contributed by atoms with Crippen LogP contribution in [0, 0.1) is 13.8 Å². The SMILES string of the molecule is Cc1nc(C)c(C(=O)N2C3CCC2CC(=C2CC2)C3)s1. The molecule has 20 heavy (non-hydrogen) atoms. The molecule has 3 heterocycles. The summed E-state index contributed by atoms with van der Waals surface area (Å²) in [6.07, 6.45) is 7.27. The largest absolute Gasteiger partial charge is 0.331 e. The third-order valence-electron chi connectivity index (χ3n) is 4.92. The van der Waals surface area contributed by atoms with E-state index in [9.17, 15) is 4.79 Å². The maximum atomic E-state index is 12.9. The van der Waals surface area contributed by atoms with Crippen LogP contribution in [0.3, 0.4) is 0 Å². The highest BCUT2D eigenvalue weighted by Gasteiger charge is 2.43. The normalized spacial score (nSPS) is 28.2. The highest BCUT2D eigenvalue weighted by Crippen LogP contribution is 2.45. The smallest absolute Gasteiger partial charge is 0.266 e. The van der Waals surface area contributed by atoms with E-state index in [1.165, 1.54) is 25.7 Å². The van der Waals surface area contributed by atoms with Gasteiger partial charge in [0.05, 0.1) is 10.7 Å². The lowest BCUT2D eigenvalue weighted by molar-refractivity contribution is 0.0638. The molecule has 3 fully saturated rings. The van der Waals surface area contributed by atoms with Crippen molar-refractivity contribution in [2.45, 2.75) is 64.5 Å². The van der Waals surface area contributed by atoms with E-state index in [1.54, 1.807) is 22.5 Å². The number of fused-ring (bicyclic) bond motifs is 2. The zero-order chi connectivity index (χ0) is 13.9. The number of carbonyl (C=O) groups excluding carboxylic acids is 1. The Morgan fingerprint density at radius 1 is 1.15 bits per heavy atom. The first-order valence-corrected chi connectivity index (χ1v) is 8.41. The Morgan fingerprint density at radius 3 is 2.30 bits per heavy atom. The zero-order valence-electron chi connectivity index (χ0n) is 12.1. The highest BCUT2D eigenvalue weighted by atomic mass is 32.1. The minimum Gasteiger partial charge on any atom is -0.331 e. The first-order chi connectivity index (χ1) is 9.63. The van der Waals surface area contributed by atoms with Crippen LogP contribution in [0.15, 0.2) is 11.1 Å². The van der Waals surface area contributed by atoms with Crippen molar-refractivity contribution in [1.29, 1.82) is 0 Å². The Kier molecular flexibility index (Phi) is 2.78. The summed E-state index contributed by atoms with van der Waals surface area (Å²) in [7, 11) is 0. The average Bonchev–Trinajstić information content (AvgIpc) is 3.15. The van der Waals surface area contributed by atoms with Gasteiger partial charge in [-0.3, -0.25) is 4.79 Å². The molecule has 0 radical (unpaired) electrons. The number of aryl methyl sites for hydroxylation is 2. The second-order valence-electron chi connectivity index (χ2n) is 6.36. The summed E-state index contributed by atoms with van der Waals surface area (Å²) in [6, 6.07) is 0.900. The first kappa shape index (κ1) is 12.6.